The molecular formula is C24H21FO2. The summed E-state index contributed by atoms with van der Waals surface area (Å²) in [6.45, 7) is 0. The largest absolute Gasteiger partial charge is 0.512 e. The van der Waals surface area contributed by atoms with Gasteiger partial charge in [0.05, 0.1) is 7.11 Å². The fourth-order valence-electron chi connectivity index (χ4n) is 3.98. The van der Waals surface area contributed by atoms with Gasteiger partial charge in [0.1, 0.15) is 17.3 Å². The van der Waals surface area contributed by atoms with Crippen molar-refractivity contribution < 1.29 is 14.2 Å². The lowest BCUT2D eigenvalue weighted by atomic mass is 9.70. The normalized spacial score (nSPS) is 18.5. The molecule has 0 amide bonds. The van der Waals surface area contributed by atoms with E-state index in [0.29, 0.717) is 24.2 Å². The first kappa shape index (κ1) is 17.3. The number of aliphatic hydroxyl groups is 1. The first-order valence-electron chi connectivity index (χ1n) is 8.99. The van der Waals surface area contributed by atoms with Gasteiger partial charge in [-0.05, 0) is 41.0 Å². The summed E-state index contributed by atoms with van der Waals surface area (Å²) in [6, 6.07) is 22.4. The number of ether oxygens (including phenoxy) is 1. The van der Waals surface area contributed by atoms with Crippen LogP contribution in [0.1, 0.15) is 17.5 Å². The maximum Gasteiger partial charge on any atom is 0.127 e. The van der Waals surface area contributed by atoms with Crippen LogP contribution >= 0.6 is 0 Å². The molecule has 3 heteroatoms. The number of fused-ring (bicyclic) bond motifs is 1. The van der Waals surface area contributed by atoms with Crippen LogP contribution in [-0.2, 0) is 11.8 Å². The van der Waals surface area contributed by atoms with E-state index in [9.17, 15) is 9.50 Å². The van der Waals surface area contributed by atoms with E-state index in [0.717, 1.165) is 21.8 Å². The van der Waals surface area contributed by atoms with Crippen LogP contribution in [0.4, 0.5) is 4.39 Å². The topological polar surface area (TPSA) is 29.5 Å². The lowest BCUT2D eigenvalue weighted by Gasteiger charge is -2.34. The van der Waals surface area contributed by atoms with Crippen molar-refractivity contribution in [1.82, 2.24) is 0 Å². The quantitative estimate of drug-likeness (QED) is 0.765. The molecule has 0 aromatic heterocycles. The second-order valence-corrected chi connectivity index (χ2v) is 7.02. The summed E-state index contributed by atoms with van der Waals surface area (Å²) in [7, 11) is 1.63. The molecule has 0 heterocycles. The summed E-state index contributed by atoms with van der Waals surface area (Å²) in [6.07, 6.45) is 3.04. The molecule has 0 saturated carbocycles. The van der Waals surface area contributed by atoms with Crippen molar-refractivity contribution in [3.05, 3.63) is 100 Å². The number of rotatable bonds is 4. The SMILES string of the molecule is COc1ccc(CC2(c3ccccc3F)C=c3ccccc3=C(O)C2)cc1. The summed E-state index contributed by atoms with van der Waals surface area (Å²) in [5.74, 6) is 0.824. The number of benzene rings is 3. The maximum atomic E-state index is 14.8. The molecule has 4 rings (SSSR count). The van der Waals surface area contributed by atoms with Crippen molar-refractivity contribution in [2.24, 2.45) is 0 Å². The van der Waals surface area contributed by atoms with Crippen molar-refractivity contribution in [1.29, 1.82) is 0 Å². The molecule has 0 fully saturated rings. The lowest BCUT2D eigenvalue weighted by Crippen LogP contribution is -2.40. The van der Waals surface area contributed by atoms with Gasteiger partial charge in [-0.1, -0.05) is 60.7 Å². The highest BCUT2D eigenvalue weighted by molar-refractivity contribution is 5.59. The Kier molecular flexibility index (Phi) is 4.44. The Morgan fingerprint density at radius 2 is 1.67 bits per heavy atom. The van der Waals surface area contributed by atoms with Gasteiger partial charge in [-0.3, -0.25) is 0 Å². The van der Waals surface area contributed by atoms with E-state index in [1.807, 2.05) is 60.7 Å². The van der Waals surface area contributed by atoms with E-state index in [1.165, 1.54) is 6.07 Å². The molecule has 1 aliphatic carbocycles. The van der Waals surface area contributed by atoms with E-state index in [1.54, 1.807) is 13.2 Å². The first-order chi connectivity index (χ1) is 13.1. The highest BCUT2D eigenvalue weighted by atomic mass is 19.1. The lowest BCUT2D eigenvalue weighted by molar-refractivity contribution is 0.413. The third-order valence-corrected chi connectivity index (χ3v) is 5.28. The Hall–Kier alpha value is -3.07. The highest BCUT2D eigenvalue weighted by Gasteiger charge is 2.35. The molecule has 1 aliphatic rings. The number of hydrogen-bond donors (Lipinski definition) is 1. The van der Waals surface area contributed by atoms with E-state index in [-0.39, 0.29) is 5.82 Å². The van der Waals surface area contributed by atoms with Crippen molar-refractivity contribution in [2.45, 2.75) is 18.3 Å². The Morgan fingerprint density at radius 1 is 0.963 bits per heavy atom. The van der Waals surface area contributed by atoms with Gasteiger partial charge in [0.25, 0.3) is 0 Å². The number of hydrogen-bond acceptors (Lipinski definition) is 2. The average Bonchev–Trinajstić information content (AvgIpc) is 2.69. The van der Waals surface area contributed by atoms with Crippen LogP contribution in [-0.4, -0.2) is 12.2 Å². The number of methoxy groups -OCH3 is 1. The zero-order chi connectivity index (χ0) is 18.9. The minimum atomic E-state index is -0.654. The standard InChI is InChI=1S/C24H21FO2/c1-27-19-12-10-17(11-13-19)14-24(21-8-4-5-9-22(21)25)15-18-6-2-3-7-20(18)23(26)16-24/h2-13,15,26H,14,16H2,1H3. The second-order valence-electron chi connectivity index (χ2n) is 7.02. The van der Waals surface area contributed by atoms with Crippen molar-refractivity contribution >= 4 is 11.8 Å². The molecule has 1 unspecified atom stereocenters. The first-order valence-corrected chi connectivity index (χ1v) is 8.99. The molecule has 1 atom stereocenters. The van der Waals surface area contributed by atoms with Crippen molar-refractivity contribution in [3.8, 4) is 5.75 Å². The molecule has 0 spiro atoms. The third kappa shape index (κ3) is 3.21. The second kappa shape index (κ2) is 6.92. The Morgan fingerprint density at radius 3 is 2.41 bits per heavy atom. The molecule has 0 radical (unpaired) electrons. The summed E-state index contributed by atoms with van der Waals surface area (Å²) in [4.78, 5) is 0. The van der Waals surface area contributed by atoms with Gasteiger partial charge in [0, 0.05) is 17.1 Å². The Labute approximate surface area is 157 Å². The number of aliphatic hydroxyl groups excluding tert-OH is 1. The molecule has 0 saturated heterocycles. The van der Waals surface area contributed by atoms with Gasteiger partial charge in [-0.25, -0.2) is 4.39 Å². The van der Waals surface area contributed by atoms with Crippen LogP contribution in [0.5, 0.6) is 5.75 Å². The molecule has 136 valence electrons. The molecule has 2 nitrogen and oxygen atoms in total. The van der Waals surface area contributed by atoms with E-state index < -0.39 is 5.41 Å². The fraction of sp³-hybridized carbons (Fsp3) is 0.167. The van der Waals surface area contributed by atoms with Gasteiger partial charge in [-0.15, -0.1) is 0 Å². The monoisotopic (exact) mass is 360 g/mol. The summed E-state index contributed by atoms with van der Waals surface area (Å²) in [5.41, 5.74) is 1.00. The van der Waals surface area contributed by atoms with E-state index in [4.69, 9.17) is 4.74 Å². The predicted molar refractivity (Wildman–Crippen MR) is 106 cm³/mol. The molecule has 3 aromatic rings. The summed E-state index contributed by atoms with van der Waals surface area (Å²) in [5, 5.41) is 12.5. The molecule has 3 aromatic carbocycles. The maximum absolute atomic E-state index is 14.8. The smallest absolute Gasteiger partial charge is 0.127 e. The van der Waals surface area contributed by atoms with Crippen LogP contribution in [0, 0.1) is 5.82 Å². The summed E-state index contributed by atoms with van der Waals surface area (Å²) < 4.78 is 20.1. The van der Waals surface area contributed by atoms with Crippen LogP contribution in [0.3, 0.4) is 0 Å². The predicted octanol–water partition coefficient (Wildman–Crippen LogP) is 3.87. The average molecular weight is 360 g/mol. The Balaban J connectivity index is 1.89. The Bertz CT molecular complexity index is 1090. The van der Waals surface area contributed by atoms with Crippen LogP contribution in [0.2, 0.25) is 0 Å². The zero-order valence-electron chi connectivity index (χ0n) is 15.2. The molecule has 27 heavy (non-hydrogen) atoms. The van der Waals surface area contributed by atoms with Gasteiger partial charge in [0.15, 0.2) is 0 Å². The highest BCUT2D eigenvalue weighted by Crippen LogP contribution is 2.38. The summed E-state index contributed by atoms with van der Waals surface area (Å²) >= 11 is 0. The zero-order valence-corrected chi connectivity index (χ0v) is 15.2. The van der Waals surface area contributed by atoms with Crippen LogP contribution in [0.25, 0.3) is 11.8 Å². The van der Waals surface area contributed by atoms with Crippen molar-refractivity contribution in [2.75, 3.05) is 7.11 Å². The van der Waals surface area contributed by atoms with E-state index >= 15 is 0 Å². The molecule has 0 aliphatic heterocycles. The van der Waals surface area contributed by atoms with Crippen LogP contribution < -0.4 is 15.2 Å². The van der Waals surface area contributed by atoms with Crippen LogP contribution in [0.15, 0.2) is 72.8 Å². The fourth-order valence-corrected chi connectivity index (χ4v) is 3.98. The van der Waals surface area contributed by atoms with Gasteiger partial charge in [0.2, 0.25) is 0 Å². The van der Waals surface area contributed by atoms with Gasteiger partial charge in [-0.2, -0.15) is 0 Å². The molecule has 1 N–H and O–H groups in total. The third-order valence-electron chi connectivity index (χ3n) is 5.28. The van der Waals surface area contributed by atoms with Crippen molar-refractivity contribution in [3.63, 3.8) is 0 Å². The van der Waals surface area contributed by atoms with Gasteiger partial charge < -0.3 is 9.84 Å². The molecule has 0 bridgehead atoms. The van der Waals surface area contributed by atoms with Gasteiger partial charge >= 0.3 is 0 Å². The number of halogens is 1. The minimum Gasteiger partial charge on any atom is -0.512 e. The minimum absolute atomic E-state index is 0.255. The molecular weight excluding hydrogens is 339 g/mol. The van der Waals surface area contributed by atoms with E-state index in [2.05, 4.69) is 6.08 Å².